The van der Waals surface area contributed by atoms with Gasteiger partial charge in [0.2, 0.25) is 5.78 Å². The Kier molecular flexibility index (Phi) is 6.32. The molecule has 0 saturated heterocycles. The van der Waals surface area contributed by atoms with Crippen LogP contribution < -0.4 is 16.0 Å². The van der Waals surface area contributed by atoms with Crippen LogP contribution >= 0.6 is 0 Å². The highest BCUT2D eigenvalue weighted by Crippen LogP contribution is 2.54. The van der Waals surface area contributed by atoms with E-state index in [9.17, 15) is 34.8 Å². The number of carbonyl (C=O) groups is 3. The fourth-order valence-electron chi connectivity index (χ4n) is 7.22. The second kappa shape index (κ2) is 9.07. The first-order valence-corrected chi connectivity index (χ1v) is 13.2. The fraction of sp³-hybridized carbons (Fsp3) is 0.536. The van der Waals surface area contributed by atoms with Crippen LogP contribution in [0.3, 0.4) is 0 Å². The number of anilines is 1. The Balaban J connectivity index is 1.71. The second-order valence-corrected chi connectivity index (χ2v) is 11.7. The van der Waals surface area contributed by atoms with Crippen molar-refractivity contribution in [3.8, 4) is 5.75 Å². The van der Waals surface area contributed by atoms with Gasteiger partial charge < -0.3 is 36.4 Å². The number of benzene rings is 1. The van der Waals surface area contributed by atoms with Crippen molar-refractivity contribution in [2.75, 3.05) is 32.6 Å². The van der Waals surface area contributed by atoms with E-state index in [4.69, 9.17) is 5.73 Å². The van der Waals surface area contributed by atoms with Gasteiger partial charge in [0.1, 0.15) is 22.8 Å². The van der Waals surface area contributed by atoms with E-state index in [0.29, 0.717) is 5.56 Å². The number of hydrogen-bond donors (Lipinski definition) is 6. The molecule has 11 nitrogen and oxygen atoms in total. The SMILES string of the molecule is CC(C)NC1CCN(C)c2c1cc(O)c1c2C[C@@H]2C[C@@H]3[C@@H](N(C)C)C(O)=C(C(N)=O)C(=O)[C@@]3(O)C(O)=C2C1=O. The maximum absolute atomic E-state index is 14.0. The van der Waals surface area contributed by atoms with Crippen LogP contribution in [0.25, 0.3) is 0 Å². The first kappa shape index (κ1) is 27.2. The number of nitrogens with two attached hydrogens (primary N) is 1. The average Bonchev–Trinajstić information content (AvgIpc) is 2.82. The number of nitrogens with zero attached hydrogens (tertiary/aromatic N) is 2. The van der Waals surface area contributed by atoms with Crippen molar-refractivity contribution in [2.45, 2.75) is 56.8 Å². The molecule has 5 rings (SSSR count). The van der Waals surface area contributed by atoms with Crippen molar-refractivity contribution in [3.05, 3.63) is 45.4 Å². The van der Waals surface area contributed by atoms with Gasteiger partial charge in [-0.2, -0.15) is 0 Å². The van der Waals surface area contributed by atoms with Gasteiger partial charge in [0.15, 0.2) is 11.4 Å². The summed E-state index contributed by atoms with van der Waals surface area (Å²) in [6.07, 6.45) is 1.15. The Labute approximate surface area is 226 Å². The maximum atomic E-state index is 14.0. The molecule has 11 heteroatoms. The summed E-state index contributed by atoms with van der Waals surface area (Å²) < 4.78 is 0. The Morgan fingerprint density at radius 2 is 1.90 bits per heavy atom. The molecule has 1 aromatic carbocycles. The minimum Gasteiger partial charge on any atom is -0.510 e. The molecule has 1 aliphatic heterocycles. The zero-order valence-corrected chi connectivity index (χ0v) is 22.8. The Hall–Kier alpha value is -3.41. The molecule has 1 aromatic rings. The van der Waals surface area contributed by atoms with E-state index in [-0.39, 0.29) is 41.8 Å². The highest BCUT2D eigenvalue weighted by Gasteiger charge is 2.63. The zero-order valence-electron chi connectivity index (χ0n) is 22.8. The van der Waals surface area contributed by atoms with E-state index >= 15 is 0 Å². The Morgan fingerprint density at radius 3 is 2.49 bits per heavy atom. The van der Waals surface area contributed by atoms with Crippen molar-refractivity contribution in [1.82, 2.24) is 10.2 Å². The van der Waals surface area contributed by atoms with E-state index in [1.807, 2.05) is 20.9 Å². The summed E-state index contributed by atoms with van der Waals surface area (Å²) >= 11 is 0. The number of carbonyl (C=O) groups excluding carboxylic acids is 3. The summed E-state index contributed by atoms with van der Waals surface area (Å²) in [5, 5.41) is 48.7. The standard InChI is InChI=1S/C28H36N4O7/c1-11(2)30-16-6-7-32(5)21-13(16)10-17(33)19-14(21)8-12-9-15-22(31(3)4)24(35)20(27(29)38)26(37)28(15,39)25(36)18(12)23(19)34/h10-12,15-16,22,30,33,35-36,39H,6-9H2,1-5H3,(H2,29,38)/t12-,15-,16?,22-,28+/m1/s1. The second-order valence-electron chi connectivity index (χ2n) is 11.7. The number of fused-ring (bicyclic) bond motifs is 5. The number of primary amides is 1. The molecule has 3 aliphatic carbocycles. The van der Waals surface area contributed by atoms with Gasteiger partial charge >= 0.3 is 0 Å². The van der Waals surface area contributed by atoms with Gasteiger partial charge in [-0.3, -0.25) is 19.3 Å². The number of phenols is 1. The molecular weight excluding hydrogens is 504 g/mol. The van der Waals surface area contributed by atoms with E-state index in [2.05, 4.69) is 10.2 Å². The van der Waals surface area contributed by atoms with E-state index < -0.39 is 58.0 Å². The third-order valence-corrected chi connectivity index (χ3v) is 8.77. The molecule has 0 radical (unpaired) electrons. The smallest absolute Gasteiger partial charge is 0.255 e. The van der Waals surface area contributed by atoms with Crippen LogP contribution in [0.4, 0.5) is 5.69 Å². The molecule has 1 amide bonds. The minimum absolute atomic E-state index is 0.0207. The van der Waals surface area contributed by atoms with Crippen molar-refractivity contribution < 1.29 is 34.8 Å². The number of Topliss-reactive ketones (excluding diaryl/α,β-unsaturated/α-hetero) is 2. The molecule has 1 unspecified atom stereocenters. The number of aromatic hydroxyl groups is 1. The van der Waals surface area contributed by atoms with Crippen LogP contribution in [-0.4, -0.2) is 88.2 Å². The van der Waals surface area contributed by atoms with Crippen LogP contribution in [0.1, 0.15) is 54.2 Å². The maximum Gasteiger partial charge on any atom is 0.255 e. The van der Waals surface area contributed by atoms with Gasteiger partial charge in [-0.1, -0.05) is 13.8 Å². The molecule has 0 aromatic heterocycles. The molecule has 4 aliphatic rings. The highest BCUT2D eigenvalue weighted by atomic mass is 16.3. The molecule has 0 fully saturated rings. The quantitative estimate of drug-likeness (QED) is 0.302. The average molecular weight is 541 g/mol. The molecule has 0 bridgehead atoms. The number of amides is 1. The van der Waals surface area contributed by atoms with Crippen molar-refractivity contribution >= 4 is 23.2 Å². The molecule has 7 N–H and O–H groups in total. The molecule has 210 valence electrons. The number of allylic oxidation sites excluding steroid dienone is 1. The third-order valence-electron chi connectivity index (χ3n) is 8.77. The lowest BCUT2D eigenvalue weighted by atomic mass is 9.58. The van der Waals surface area contributed by atoms with E-state index in [1.165, 1.54) is 0 Å². The predicted molar refractivity (Wildman–Crippen MR) is 143 cm³/mol. The number of phenolic OH excluding ortho intramolecular Hbond substituents is 1. The number of hydrogen-bond acceptors (Lipinski definition) is 10. The molecular formula is C28H36N4O7. The molecule has 1 heterocycles. The lowest BCUT2D eigenvalue weighted by Crippen LogP contribution is -2.63. The van der Waals surface area contributed by atoms with Crippen molar-refractivity contribution in [1.29, 1.82) is 0 Å². The summed E-state index contributed by atoms with van der Waals surface area (Å²) in [6.45, 7) is 4.82. The minimum atomic E-state index is -2.64. The third kappa shape index (κ3) is 3.70. The van der Waals surface area contributed by atoms with Crippen molar-refractivity contribution in [2.24, 2.45) is 17.6 Å². The van der Waals surface area contributed by atoms with Gasteiger partial charge in [0.25, 0.3) is 5.91 Å². The fourth-order valence-corrected chi connectivity index (χ4v) is 7.22. The van der Waals surface area contributed by atoms with Crippen LogP contribution in [0, 0.1) is 11.8 Å². The van der Waals surface area contributed by atoms with Gasteiger partial charge in [-0.05, 0) is 56.5 Å². The van der Waals surface area contributed by atoms with Crippen molar-refractivity contribution in [3.63, 3.8) is 0 Å². The first-order valence-electron chi connectivity index (χ1n) is 13.2. The summed E-state index contributed by atoms with van der Waals surface area (Å²) in [5.41, 5.74) is 4.20. The largest absolute Gasteiger partial charge is 0.510 e. The summed E-state index contributed by atoms with van der Waals surface area (Å²) in [7, 11) is 5.15. The number of aliphatic hydroxyl groups is 3. The van der Waals surface area contributed by atoms with Crippen LogP contribution in [0.5, 0.6) is 5.75 Å². The van der Waals surface area contributed by atoms with E-state index in [1.54, 1.807) is 25.1 Å². The van der Waals surface area contributed by atoms with Gasteiger partial charge in [0.05, 0.1) is 11.6 Å². The Morgan fingerprint density at radius 1 is 1.23 bits per heavy atom. The van der Waals surface area contributed by atoms with Crippen LogP contribution in [0.2, 0.25) is 0 Å². The topological polar surface area (TPSA) is 177 Å². The number of aliphatic hydroxyl groups excluding tert-OH is 2. The predicted octanol–water partition coefficient (Wildman–Crippen LogP) is 1.000. The van der Waals surface area contributed by atoms with Gasteiger partial charge in [-0.15, -0.1) is 0 Å². The molecule has 0 spiro atoms. The van der Waals surface area contributed by atoms with Gasteiger partial charge in [-0.25, -0.2) is 0 Å². The first-order chi connectivity index (χ1) is 18.2. The molecule has 39 heavy (non-hydrogen) atoms. The molecule has 0 saturated carbocycles. The summed E-state index contributed by atoms with van der Waals surface area (Å²) in [6, 6.07) is 0.745. The summed E-state index contributed by atoms with van der Waals surface area (Å²) in [4.78, 5) is 43.1. The normalized spacial score (nSPS) is 30.4. The van der Waals surface area contributed by atoms with Crippen LogP contribution in [0.15, 0.2) is 28.7 Å². The number of likely N-dealkylation sites (N-methyl/N-ethyl adjacent to an activating group) is 1. The van der Waals surface area contributed by atoms with E-state index in [0.717, 1.165) is 24.2 Å². The monoisotopic (exact) mass is 540 g/mol. The number of nitrogens with one attached hydrogen (secondary N) is 1. The summed E-state index contributed by atoms with van der Waals surface area (Å²) in [5.74, 6) is -6.48. The number of rotatable bonds is 4. The number of ketones is 2. The van der Waals surface area contributed by atoms with Crippen LogP contribution in [-0.2, 0) is 16.0 Å². The Bertz CT molecular complexity index is 1360. The zero-order chi connectivity index (χ0) is 28.7. The lowest BCUT2D eigenvalue weighted by molar-refractivity contribution is -0.148. The van der Waals surface area contributed by atoms with Gasteiger partial charge in [0, 0.05) is 42.9 Å². The molecule has 5 atom stereocenters. The highest BCUT2D eigenvalue weighted by molar-refractivity contribution is 6.24. The lowest BCUT2D eigenvalue weighted by Gasteiger charge is -2.50.